The molecule has 0 aromatic heterocycles. The molecule has 1 aromatic rings. The van der Waals surface area contributed by atoms with Gasteiger partial charge in [-0.3, -0.25) is 0 Å². The molecule has 1 aliphatic rings. The third-order valence-corrected chi connectivity index (χ3v) is 3.55. The number of hydrogen-bond acceptors (Lipinski definition) is 1. The summed E-state index contributed by atoms with van der Waals surface area (Å²) in [5.41, 5.74) is 2.44. The average molecular weight is 181 g/mol. The molecule has 0 bridgehead atoms. The Bertz CT molecular complexity index is 348. The van der Waals surface area contributed by atoms with Gasteiger partial charge >= 0.3 is 0 Å². The minimum absolute atomic E-state index is 0.809. The van der Waals surface area contributed by atoms with Crippen LogP contribution in [0.2, 0.25) is 0 Å². The first kappa shape index (κ1) is 7.95. The zero-order valence-electron chi connectivity index (χ0n) is 7.20. The SMILES string of the molecule is Cc1ccc2c(c1)CN(C)S2=O. The van der Waals surface area contributed by atoms with E-state index in [-0.39, 0.29) is 0 Å². The van der Waals surface area contributed by atoms with E-state index in [4.69, 9.17) is 0 Å². The number of benzene rings is 1. The van der Waals surface area contributed by atoms with Crippen molar-refractivity contribution in [3.05, 3.63) is 29.3 Å². The number of aryl methyl sites for hydroxylation is 1. The minimum atomic E-state index is -0.917. The van der Waals surface area contributed by atoms with Crippen LogP contribution in [0.5, 0.6) is 0 Å². The van der Waals surface area contributed by atoms with Crippen molar-refractivity contribution in [3.63, 3.8) is 0 Å². The van der Waals surface area contributed by atoms with Crippen molar-refractivity contribution >= 4 is 11.0 Å². The van der Waals surface area contributed by atoms with E-state index in [1.807, 2.05) is 23.5 Å². The zero-order chi connectivity index (χ0) is 8.72. The Kier molecular flexibility index (Phi) is 1.77. The Morgan fingerprint density at radius 1 is 1.50 bits per heavy atom. The van der Waals surface area contributed by atoms with Gasteiger partial charge in [-0.2, -0.15) is 0 Å². The second-order valence-electron chi connectivity index (χ2n) is 3.15. The molecule has 12 heavy (non-hydrogen) atoms. The summed E-state index contributed by atoms with van der Waals surface area (Å²) in [6, 6.07) is 6.08. The van der Waals surface area contributed by atoms with E-state index in [0.29, 0.717) is 0 Å². The lowest BCUT2D eigenvalue weighted by molar-refractivity contribution is 0.541. The van der Waals surface area contributed by atoms with Gasteiger partial charge in [0.1, 0.15) is 11.0 Å². The van der Waals surface area contributed by atoms with Crippen molar-refractivity contribution in [1.82, 2.24) is 4.31 Å². The monoisotopic (exact) mass is 181 g/mol. The molecule has 3 heteroatoms. The summed E-state index contributed by atoms with van der Waals surface area (Å²) in [5.74, 6) is 0. The number of fused-ring (bicyclic) bond motifs is 1. The van der Waals surface area contributed by atoms with Crippen LogP contribution < -0.4 is 0 Å². The van der Waals surface area contributed by atoms with Crippen LogP contribution in [0, 0.1) is 6.92 Å². The Hall–Kier alpha value is -0.670. The van der Waals surface area contributed by atoms with Gasteiger partial charge in [0.05, 0.1) is 4.90 Å². The summed E-state index contributed by atoms with van der Waals surface area (Å²) in [7, 11) is 0.963. The average Bonchev–Trinajstić information content (AvgIpc) is 2.28. The summed E-state index contributed by atoms with van der Waals surface area (Å²) in [6.45, 7) is 2.87. The largest absolute Gasteiger partial charge is 0.237 e. The van der Waals surface area contributed by atoms with Crippen LogP contribution in [0.4, 0.5) is 0 Å². The van der Waals surface area contributed by atoms with Gasteiger partial charge in [-0.15, -0.1) is 0 Å². The van der Waals surface area contributed by atoms with Crippen LogP contribution in [-0.2, 0) is 17.5 Å². The molecule has 2 rings (SSSR count). The van der Waals surface area contributed by atoms with Gasteiger partial charge in [0.2, 0.25) is 0 Å². The first-order valence-corrected chi connectivity index (χ1v) is 5.02. The van der Waals surface area contributed by atoms with E-state index in [1.54, 1.807) is 0 Å². The molecule has 1 atom stereocenters. The van der Waals surface area contributed by atoms with Gasteiger partial charge < -0.3 is 0 Å². The summed E-state index contributed by atoms with van der Waals surface area (Å²) >= 11 is 0. The topological polar surface area (TPSA) is 20.3 Å². The second kappa shape index (κ2) is 2.68. The quantitative estimate of drug-likeness (QED) is 0.593. The van der Waals surface area contributed by atoms with Gasteiger partial charge in [0.25, 0.3) is 0 Å². The Balaban J connectivity index is 2.54. The van der Waals surface area contributed by atoms with Gasteiger partial charge in [-0.05, 0) is 18.6 Å². The van der Waals surface area contributed by atoms with Crippen LogP contribution in [0.25, 0.3) is 0 Å². The molecule has 0 aliphatic carbocycles. The molecule has 1 aliphatic heterocycles. The maximum Gasteiger partial charge on any atom is 0.127 e. The van der Waals surface area contributed by atoms with E-state index < -0.39 is 11.0 Å². The van der Waals surface area contributed by atoms with E-state index in [9.17, 15) is 4.21 Å². The van der Waals surface area contributed by atoms with Crippen LogP contribution in [0.3, 0.4) is 0 Å². The number of nitrogens with zero attached hydrogens (tertiary/aromatic N) is 1. The van der Waals surface area contributed by atoms with E-state index in [2.05, 4.69) is 13.0 Å². The fourth-order valence-corrected chi connectivity index (χ4v) is 2.59. The molecular weight excluding hydrogens is 170 g/mol. The molecule has 1 heterocycles. The Labute approximate surface area is 74.8 Å². The summed E-state index contributed by atoms with van der Waals surface area (Å²) < 4.78 is 13.4. The molecule has 0 N–H and O–H groups in total. The summed E-state index contributed by atoms with van der Waals surface area (Å²) in [5, 5.41) is 0. The summed E-state index contributed by atoms with van der Waals surface area (Å²) in [4.78, 5) is 0.975. The first-order chi connectivity index (χ1) is 5.68. The Morgan fingerprint density at radius 2 is 2.25 bits per heavy atom. The van der Waals surface area contributed by atoms with Gasteiger partial charge in [0.15, 0.2) is 0 Å². The third-order valence-electron chi connectivity index (χ3n) is 2.08. The van der Waals surface area contributed by atoms with E-state index >= 15 is 0 Å². The molecule has 64 valence electrons. The molecule has 0 saturated heterocycles. The van der Waals surface area contributed by atoms with Crippen LogP contribution in [0.1, 0.15) is 11.1 Å². The predicted octanol–water partition coefficient (Wildman–Crippen LogP) is 1.46. The molecule has 1 unspecified atom stereocenters. The highest BCUT2D eigenvalue weighted by atomic mass is 32.2. The number of rotatable bonds is 0. The zero-order valence-corrected chi connectivity index (χ0v) is 8.02. The highest BCUT2D eigenvalue weighted by Crippen LogP contribution is 2.25. The van der Waals surface area contributed by atoms with Gasteiger partial charge in [-0.1, -0.05) is 17.7 Å². The Morgan fingerprint density at radius 3 is 3.00 bits per heavy atom. The molecule has 1 aromatic carbocycles. The van der Waals surface area contributed by atoms with Crippen molar-refractivity contribution < 1.29 is 4.21 Å². The molecule has 0 radical (unpaired) electrons. The summed E-state index contributed by atoms with van der Waals surface area (Å²) in [6.07, 6.45) is 0. The molecule has 2 nitrogen and oxygen atoms in total. The number of hydrogen-bond donors (Lipinski definition) is 0. The second-order valence-corrected chi connectivity index (χ2v) is 4.71. The van der Waals surface area contributed by atoms with Crippen molar-refractivity contribution in [2.45, 2.75) is 18.4 Å². The van der Waals surface area contributed by atoms with Crippen LogP contribution in [-0.4, -0.2) is 15.6 Å². The smallest absolute Gasteiger partial charge is 0.127 e. The van der Waals surface area contributed by atoms with Gasteiger partial charge in [-0.25, -0.2) is 8.51 Å². The predicted molar refractivity (Wildman–Crippen MR) is 49.1 cm³/mol. The fraction of sp³-hybridized carbons (Fsp3) is 0.333. The standard InChI is InChI=1S/C9H11NOS/c1-7-3-4-9-8(5-7)6-10(2)12(9)11/h3-5H,6H2,1-2H3. The molecule has 0 spiro atoms. The lowest BCUT2D eigenvalue weighted by atomic mass is 10.1. The van der Waals surface area contributed by atoms with E-state index in [0.717, 1.165) is 11.4 Å². The van der Waals surface area contributed by atoms with Crippen molar-refractivity contribution in [3.8, 4) is 0 Å². The fourth-order valence-electron chi connectivity index (χ4n) is 1.47. The van der Waals surface area contributed by atoms with Crippen LogP contribution >= 0.6 is 0 Å². The molecule has 0 saturated carbocycles. The highest BCUT2D eigenvalue weighted by Gasteiger charge is 2.22. The van der Waals surface area contributed by atoms with Crippen molar-refractivity contribution in [1.29, 1.82) is 0 Å². The molecular formula is C9H11NOS. The minimum Gasteiger partial charge on any atom is -0.237 e. The lowest BCUT2D eigenvalue weighted by Gasteiger charge is -2.01. The molecule has 0 amide bonds. The lowest BCUT2D eigenvalue weighted by Crippen LogP contribution is -2.11. The van der Waals surface area contributed by atoms with Crippen molar-refractivity contribution in [2.75, 3.05) is 7.05 Å². The third kappa shape index (κ3) is 1.09. The maximum absolute atomic E-state index is 11.5. The van der Waals surface area contributed by atoms with Crippen LogP contribution in [0.15, 0.2) is 23.1 Å². The normalized spacial score (nSPS) is 22.7. The van der Waals surface area contributed by atoms with Crippen molar-refractivity contribution in [2.24, 2.45) is 0 Å². The van der Waals surface area contributed by atoms with E-state index in [1.165, 1.54) is 11.1 Å². The highest BCUT2D eigenvalue weighted by molar-refractivity contribution is 7.83. The molecule has 0 fully saturated rings. The maximum atomic E-state index is 11.5. The first-order valence-electron chi connectivity index (χ1n) is 3.91. The van der Waals surface area contributed by atoms with Gasteiger partial charge in [0, 0.05) is 13.6 Å².